The Kier molecular flexibility index (Phi) is 4.08. The summed E-state index contributed by atoms with van der Waals surface area (Å²) in [5, 5.41) is 14.5. The van der Waals surface area contributed by atoms with Crippen molar-refractivity contribution in [1.29, 1.82) is 0 Å². The van der Waals surface area contributed by atoms with Crippen molar-refractivity contribution >= 4 is 29.1 Å². The van der Waals surface area contributed by atoms with Gasteiger partial charge in [0.1, 0.15) is 6.33 Å². The minimum atomic E-state index is -0.416. The summed E-state index contributed by atoms with van der Waals surface area (Å²) in [6.07, 6.45) is 1.37. The Bertz CT molecular complexity index is 484. The highest BCUT2D eigenvalue weighted by Gasteiger charge is 2.33. The van der Waals surface area contributed by atoms with E-state index < -0.39 is 4.92 Å². The van der Waals surface area contributed by atoms with Crippen LogP contribution in [0.15, 0.2) is 6.33 Å². The first kappa shape index (κ1) is 13.9. The first-order valence-corrected chi connectivity index (χ1v) is 7.16. The zero-order valence-corrected chi connectivity index (χ0v) is 12.0. The predicted molar refractivity (Wildman–Crippen MR) is 77.0 cm³/mol. The van der Waals surface area contributed by atoms with Crippen molar-refractivity contribution in [2.45, 2.75) is 25.1 Å². The van der Waals surface area contributed by atoms with Crippen molar-refractivity contribution in [3.63, 3.8) is 0 Å². The van der Waals surface area contributed by atoms with Crippen molar-refractivity contribution in [2.75, 3.05) is 29.6 Å². The van der Waals surface area contributed by atoms with Crippen molar-refractivity contribution in [3.8, 4) is 0 Å². The first-order chi connectivity index (χ1) is 9.06. The van der Waals surface area contributed by atoms with Gasteiger partial charge in [0.2, 0.25) is 11.6 Å². The smallest absolute Gasteiger partial charge is 0.353 e. The minimum absolute atomic E-state index is 0.0454. The summed E-state index contributed by atoms with van der Waals surface area (Å²) in [7, 11) is 1.62. The fraction of sp³-hybridized carbons (Fsp3) is 0.636. The largest absolute Gasteiger partial charge is 0.367 e. The normalized spacial score (nSPS) is 23.2. The van der Waals surface area contributed by atoms with Crippen LogP contribution in [-0.2, 0) is 0 Å². The Balaban J connectivity index is 2.46. The number of nitrogens with one attached hydrogen (secondary N) is 1. The molecule has 7 nitrogen and oxygen atoms in total. The number of aromatic nitrogens is 2. The SMILES string of the molecule is CNc1ncnc(N2CCSC(C)C2C)c1[N+](=O)[O-]. The van der Waals surface area contributed by atoms with E-state index in [1.54, 1.807) is 7.05 Å². The number of thioether (sulfide) groups is 1. The summed E-state index contributed by atoms with van der Waals surface area (Å²) in [4.78, 5) is 20.9. The van der Waals surface area contributed by atoms with E-state index in [9.17, 15) is 10.1 Å². The lowest BCUT2D eigenvalue weighted by molar-refractivity contribution is -0.383. The zero-order valence-electron chi connectivity index (χ0n) is 11.2. The molecule has 1 aromatic rings. The monoisotopic (exact) mass is 283 g/mol. The van der Waals surface area contributed by atoms with E-state index >= 15 is 0 Å². The topological polar surface area (TPSA) is 84.2 Å². The van der Waals surface area contributed by atoms with Gasteiger partial charge in [-0.25, -0.2) is 9.97 Å². The van der Waals surface area contributed by atoms with E-state index in [0.29, 0.717) is 11.1 Å². The number of hydrogen-bond donors (Lipinski definition) is 1. The van der Waals surface area contributed by atoms with Gasteiger partial charge in [-0.3, -0.25) is 10.1 Å². The Morgan fingerprint density at radius 1 is 1.53 bits per heavy atom. The van der Waals surface area contributed by atoms with Gasteiger partial charge >= 0.3 is 5.69 Å². The van der Waals surface area contributed by atoms with Crippen LogP contribution in [0, 0.1) is 10.1 Å². The number of rotatable bonds is 3. The molecule has 1 fully saturated rings. The molecule has 2 rings (SSSR count). The second-order valence-electron chi connectivity index (χ2n) is 4.41. The molecule has 19 heavy (non-hydrogen) atoms. The third kappa shape index (κ3) is 2.58. The summed E-state index contributed by atoms with van der Waals surface area (Å²) in [5.41, 5.74) is -0.0454. The summed E-state index contributed by atoms with van der Waals surface area (Å²) < 4.78 is 0. The summed E-state index contributed by atoms with van der Waals surface area (Å²) >= 11 is 1.88. The van der Waals surface area contributed by atoms with Gasteiger partial charge in [-0.15, -0.1) is 0 Å². The van der Waals surface area contributed by atoms with E-state index in [-0.39, 0.29) is 17.5 Å². The number of hydrogen-bond acceptors (Lipinski definition) is 7. The molecule has 104 valence electrons. The molecule has 1 aliphatic rings. The molecule has 2 heterocycles. The van der Waals surface area contributed by atoms with Crippen molar-refractivity contribution in [3.05, 3.63) is 16.4 Å². The second-order valence-corrected chi connectivity index (χ2v) is 5.90. The highest BCUT2D eigenvalue weighted by molar-refractivity contribution is 8.00. The van der Waals surface area contributed by atoms with Crippen LogP contribution >= 0.6 is 11.8 Å². The van der Waals surface area contributed by atoms with E-state index in [0.717, 1.165) is 12.3 Å². The van der Waals surface area contributed by atoms with E-state index in [1.165, 1.54) is 6.33 Å². The Hall–Kier alpha value is -1.57. The average Bonchev–Trinajstić information content (AvgIpc) is 2.40. The lowest BCUT2D eigenvalue weighted by Crippen LogP contribution is -2.45. The van der Waals surface area contributed by atoms with Crippen LogP contribution in [0.2, 0.25) is 0 Å². The van der Waals surface area contributed by atoms with Gasteiger partial charge in [0.25, 0.3) is 0 Å². The summed E-state index contributed by atoms with van der Waals surface area (Å²) in [5.74, 6) is 1.61. The molecule has 1 aromatic heterocycles. The maximum absolute atomic E-state index is 11.3. The lowest BCUT2D eigenvalue weighted by Gasteiger charge is -2.37. The third-order valence-electron chi connectivity index (χ3n) is 3.38. The summed E-state index contributed by atoms with van der Waals surface area (Å²) in [6, 6.07) is 0.206. The van der Waals surface area contributed by atoms with Gasteiger partial charge < -0.3 is 10.2 Å². The Morgan fingerprint density at radius 2 is 2.26 bits per heavy atom. The molecule has 1 N–H and O–H groups in total. The highest BCUT2D eigenvalue weighted by atomic mass is 32.2. The molecule has 0 radical (unpaired) electrons. The van der Waals surface area contributed by atoms with Gasteiger partial charge in [0, 0.05) is 30.6 Å². The lowest BCUT2D eigenvalue weighted by atomic mass is 10.2. The standard InChI is InChI=1S/C11H17N5O2S/c1-7-8(2)19-5-4-15(7)11-9(16(17)18)10(12-3)13-6-14-11/h6-8H,4-5H2,1-3H3,(H,12,13,14). The Labute approximate surface area is 116 Å². The second kappa shape index (κ2) is 5.60. The van der Waals surface area contributed by atoms with Crippen LogP contribution in [0.1, 0.15) is 13.8 Å². The molecule has 0 bridgehead atoms. The van der Waals surface area contributed by atoms with Crippen molar-refractivity contribution < 1.29 is 4.92 Å². The quantitative estimate of drug-likeness (QED) is 0.668. The van der Waals surface area contributed by atoms with Gasteiger partial charge in [0.15, 0.2) is 0 Å². The highest BCUT2D eigenvalue weighted by Crippen LogP contribution is 2.36. The van der Waals surface area contributed by atoms with Crippen LogP contribution in [0.4, 0.5) is 17.3 Å². The van der Waals surface area contributed by atoms with Crippen molar-refractivity contribution in [2.24, 2.45) is 0 Å². The molecule has 2 atom stereocenters. The van der Waals surface area contributed by atoms with Crippen LogP contribution in [0.3, 0.4) is 0 Å². The maximum Gasteiger partial charge on any atom is 0.353 e. The predicted octanol–water partition coefficient (Wildman–Crippen LogP) is 1.76. The van der Waals surface area contributed by atoms with Gasteiger partial charge in [-0.1, -0.05) is 6.92 Å². The maximum atomic E-state index is 11.3. The van der Waals surface area contributed by atoms with E-state index in [4.69, 9.17) is 0 Å². The van der Waals surface area contributed by atoms with Crippen LogP contribution in [0.5, 0.6) is 0 Å². The number of nitrogens with zero attached hydrogens (tertiary/aromatic N) is 4. The van der Waals surface area contributed by atoms with Gasteiger partial charge in [-0.2, -0.15) is 11.8 Å². The van der Waals surface area contributed by atoms with Gasteiger partial charge in [-0.05, 0) is 6.92 Å². The molecule has 0 aromatic carbocycles. The van der Waals surface area contributed by atoms with Crippen LogP contribution < -0.4 is 10.2 Å². The van der Waals surface area contributed by atoms with Crippen molar-refractivity contribution in [1.82, 2.24) is 9.97 Å². The summed E-state index contributed by atoms with van der Waals surface area (Å²) in [6.45, 7) is 4.96. The molecule has 8 heteroatoms. The Morgan fingerprint density at radius 3 is 2.89 bits per heavy atom. The average molecular weight is 283 g/mol. The molecular formula is C11H17N5O2S. The molecule has 0 amide bonds. The third-order valence-corrected chi connectivity index (χ3v) is 4.72. The van der Waals surface area contributed by atoms with Crippen LogP contribution in [-0.4, -0.2) is 45.5 Å². The molecule has 1 aliphatic heterocycles. The number of nitro groups is 1. The fourth-order valence-electron chi connectivity index (χ4n) is 2.16. The zero-order chi connectivity index (χ0) is 14.0. The molecule has 0 aliphatic carbocycles. The molecule has 0 saturated carbocycles. The molecule has 0 spiro atoms. The van der Waals surface area contributed by atoms with Crippen LogP contribution in [0.25, 0.3) is 0 Å². The van der Waals surface area contributed by atoms with Gasteiger partial charge in [0.05, 0.1) is 4.92 Å². The minimum Gasteiger partial charge on any atom is -0.367 e. The van der Waals surface area contributed by atoms with E-state index in [2.05, 4.69) is 29.1 Å². The van der Waals surface area contributed by atoms with E-state index in [1.807, 2.05) is 16.7 Å². The first-order valence-electron chi connectivity index (χ1n) is 6.11. The molecule has 2 unspecified atom stereocenters. The molecule has 1 saturated heterocycles. The number of anilines is 2. The molecular weight excluding hydrogens is 266 g/mol. The fourth-order valence-corrected chi connectivity index (χ4v) is 3.26.